The molecule has 0 aliphatic carbocycles. The monoisotopic (exact) mass is 427 g/mol. The average molecular weight is 428 g/mol. The molecule has 10 heteroatoms. The summed E-state index contributed by atoms with van der Waals surface area (Å²) < 4.78 is 41.1. The van der Waals surface area contributed by atoms with E-state index in [1.54, 1.807) is 19.9 Å². The van der Waals surface area contributed by atoms with Crippen molar-refractivity contribution in [3.8, 4) is 5.75 Å². The highest BCUT2D eigenvalue weighted by molar-refractivity contribution is 6.32. The molecule has 0 saturated carbocycles. The number of alkyl halides is 3. The number of hydrogen-bond donors (Lipinski definition) is 1. The second-order valence-corrected chi connectivity index (χ2v) is 6.80. The van der Waals surface area contributed by atoms with Crippen molar-refractivity contribution in [2.75, 3.05) is 6.54 Å². The minimum Gasteiger partial charge on any atom is -0.404 e. The number of benzene rings is 1. The minimum absolute atomic E-state index is 0.147. The molecule has 0 spiro atoms. The number of fused-ring (bicyclic) bond motifs is 1. The van der Waals surface area contributed by atoms with E-state index in [9.17, 15) is 22.8 Å². The van der Waals surface area contributed by atoms with Gasteiger partial charge in [-0.2, -0.15) is 0 Å². The number of pyridine rings is 1. The molecule has 6 nitrogen and oxygen atoms in total. The van der Waals surface area contributed by atoms with Crippen LogP contribution in [0, 0.1) is 0 Å². The van der Waals surface area contributed by atoms with Gasteiger partial charge >= 0.3 is 6.36 Å². The molecule has 0 bridgehead atoms. The van der Waals surface area contributed by atoms with E-state index in [0.29, 0.717) is 23.2 Å². The van der Waals surface area contributed by atoms with E-state index in [2.05, 4.69) is 15.0 Å². The summed E-state index contributed by atoms with van der Waals surface area (Å²) in [5, 5.41) is 2.44. The summed E-state index contributed by atoms with van der Waals surface area (Å²) in [7, 11) is 0. The zero-order valence-electron chi connectivity index (χ0n) is 15.5. The fraction of sp³-hybridized carbons (Fsp3) is 0.316. The lowest BCUT2D eigenvalue weighted by molar-refractivity contribution is -0.274. The first-order valence-electron chi connectivity index (χ1n) is 8.74. The van der Waals surface area contributed by atoms with Gasteiger partial charge in [0.1, 0.15) is 11.4 Å². The summed E-state index contributed by atoms with van der Waals surface area (Å²) in [4.78, 5) is 30.7. The first kappa shape index (κ1) is 20.9. The summed E-state index contributed by atoms with van der Waals surface area (Å²) in [6.45, 7) is 4.06. The Bertz CT molecular complexity index is 965. The van der Waals surface area contributed by atoms with Crippen LogP contribution in [-0.4, -0.2) is 34.6 Å². The number of amides is 2. The molecule has 1 N–H and O–H groups in total. The maximum absolute atomic E-state index is 12.8. The van der Waals surface area contributed by atoms with E-state index in [4.69, 9.17) is 11.6 Å². The van der Waals surface area contributed by atoms with Crippen LogP contribution in [0.4, 0.5) is 13.2 Å². The highest BCUT2D eigenvalue weighted by Crippen LogP contribution is 2.36. The van der Waals surface area contributed by atoms with Gasteiger partial charge < -0.3 is 15.0 Å². The Balaban J connectivity index is 1.86. The van der Waals surface area contributed by atoms with Gasteiger partial charge in [0, 0.05) is 30.4 Å². The van der Waals surface area contributed by atoms with Gasteiger partial charge in [-0.15, -0.1) is 13.2 Å². The predicted octanol–water partition coefficient (Wildman–Crippen LogP) is 4.10. The van der Waals surface area contributed by atoms with Crippen molar-refractivity contribution >= 4 is 23.4 Å². The van der Waals surface area contributed by atoms with Gasteiger partial charge in [-0.25, -0.2) is 0 Å². The molecular formula is C19H17ClF3N3O3. The molecule has 29 heavy (non-hydrogen) atoms. The largest absolute Gasteiger partial charge is 0.573 e. The van der Waals surface area contributed by atoms with Crippen molar-refractivity contribution in [1.29, 1.82) is 0 Å². The maximum Gasteiger partial charge on any atom is 0.573 e. The number of carbonyl (C=O) groups excluding carboxylic acids is 2. The number of nitrogens with one attached hydrogen (secondary N) is 1. The standard InChI is InChI=1S/C19H17ClF3N3O3/c1-3-24-17(27)16-13-9-26(18(28)12(13)6-7-25-16)10(2)11-4-5-15(14(20)8-11)29-19(21,22)23/h4-8,10H,3,9H2,1-2H3,(H,24,27). The van der Waals surface area contributed by atoms with Gasteiger partial charge in [0.15, 0.2) is 0 Å². The van der Waals surface area contributed by atoms with Crippen LogP contribution in [0.1, 0.15) is 51.9 Å². The van der Waals surface area contributed by atoms with Crippen molar-refractivity contribution < 1.29 is 27.5 Å². The second kappa shape index (κ2) is 7.90. The first-order valence-corrected chi connectivity index (χ1v) is 9.12. The lowest BCUT2D eigenvalue weighted by Gasteiger charge is -2.25. The topological polar surface area (TPSA) is 71.5 Å². The molecule has 1 aromatic carbocycles. The lowest BCUT2D eigenvalue weighted by Crippen LogP contribution is -2.28. The van der Waals surface area contributed by atoms with Gasteiger partial charge in [-0.3, -0.25) is 14.6 Å². The molecule has 0 radical (unpaired) electrons. The fourth-order valence-electron chi connectivity index (χ4n) is 3.17. The normalized spacial score (nSPS) is 14.6. The maximum atomic E-state index is 12.8. The molecule has 1 aliphatic rings. The second-order valence-electron chi connectivity index (χ2n) is 6.39. The Kier molecular flexibility index (Phi) is 5.70. The average Bonchev–Trinajstić information content (AvgIpc) is 2.99. The number of ether oxygens (including phenoxy) is 1. The molecule has 1 unspecified atom stereocenters. The van der Waals surface area contributed by atoms with E-state index in [1.165, 1.54) is 23.2 Å². The molecule has 1 aliphatic heterocycles. The van der Waals surface area contributed by atoms with Crippen LogP contribution in [0.5, 0.6) is 5.75 Å². The third-order valence-corrected chi connectivity index (χ3v) is 4.85. The summed E-state index contributed by atoms with van der Waals surface area (Å²) in [5.41, 5.74) is 1.59. The quantitative estimate of drug-likeness (QED) is 0.779. The molecule has 1 atom stereocenters. The van der Waals surface area contributed by atoms with E-state index in [1.807, 2.05) is 0 Å². The third kappa shape index (κ3) is 4.29. The Morgan fingerprint density at radius 1 is 1.38 bits per heavy atom. The van der Waals surface area contributed by atoms with Crippen LogP contribution in [0.15, 0.2) is 30.5 Å². The molecule has 1 aromatic heterocycles. The van der Waals surface area contributed by atoms with E-state index in [-0.39, 0.29) is 29.1 Å². The zero-order valence-corrected chi connectivity index (χ0v) is 16.3. The summed E-state index contributed by atoms with van der Waals surface area (Å²) in [6.07, 6.45) is -3.46. The van der Waals surface area contributed by atoms with Crippen molar-refractivity contribution in [2.24, 2.45) is 0 Å². The molecule has 2 aromatic rings. The molecule has 0 fully saturated rings. The van der Waals surface area contributed by atoms with Crippen LogP contribution in [-0.2, 0) is 6.54 Å². The van der Waals surface area contributed by atoms with Crippen molar-refractivity contribution in [3.63, 3.8) is 0 Å². The minimum atomic E-state index is -4.86. The number of nitrogens with zero attached hydrogens (tertiary/aromatic N) is 2. The summed E-state index contributed by atoms with van der Waals surface area (Å²) >= 11 is 5.92. The Labute approximate surface area is 169 Å². The first-order chi connectivity index (χ1) is 13.6. The Hall–Kier alpha value is -2.81. The Morgan fingerprint density at radius 3 is 2.72 bits per heavy atom. The number of aromatic nitrogens is 1. The van der Waals surface area contributed by atoms with Gasteiger partial charge in [-0.05, 0) is 37.6 Å². The van der Waals surface area contributed by atoms with Gasteiger partial charge in [-0.1, -0.05) is 17.7 Å². The zero-order chi connectivity index (χ0) is 21.3. The van der Waals surface area contributed by atoms with Gasteiger partial charge in [0.05, 0.1) is 11.1 Å². The van der Waals surface area contributed by atoms with Crippen LogP contribution < -0.4 is 10.1 Å². The molecular weight excluding hydrogens is 411 g/mol. The summed E-state index contributed by atoms with van der Waals surface area (Å²) in [5.74, 6) is -1.19. The van der Waals surface area contributed by atoms with Crippen molar-refractivity contribution in [2.45, 2.75) is 32.8 Å². The van der Waals surface area contributed by atoms with Crippen LogP contribution >= 0.6 is 11.6 Å². The Morgan fingerprint density at radius 2 is 2.10 bits per heavy atom. The SMILES string of the molecule is CCNC(=O)c1nccc2c1CN(C(C)c1ccc(OC(F)(F)F)c(Cl)c1)C2=O. The summed E-state index contributed by atoms with van der Waals surface area (Å²) in [6, 6.07) is 4.88. The van der Waals surface area contributed by atoms with E-state index in [0.717, 1.165) is 6.07 Å². The molecule has 2 amide bonds. The highest BCUT2D eigenvalue weighted by Gasteiger charge is 2.35. The third-order valence-electron chi connectivity index (χ3n) is 4.56. The van der Waals surface area contributed by atoms with Gasteiger partial charge in [0.25, 0.3) is 11.8 Å². The number of halogens is 4. The molecule has 3 rings (SSSR count). The van der Waals surface area contributed by atoms with E-state index < -0.39 is 18.2 Å². The lowest BCUT2D eigenvalue weighted by atomic mass is 10.1. The number of hydrogen-bond acceptors (Lipinski definition) is 4. The van der Waals surface area contributed by atoms with Crippen LogP contribution in [0.25, 0.3) is 0 Å². The predicted molar refractivity (Wildman–Crippen MR) is 98.7 cm³/mol. The molecule has 154 valence electrons. The van der Waals surface area contributed by atoms with Crippen molar-refractivity contribution in [3.05, 3.63) is 57.9 Å². The van der Waals surface area contributed by atoms with Crippen LogP contribution in [0.3, 0.4) is 0 Å². The van der Waals surface area contributed by atoms with Crippen LogP contribution in [0.2, 0.25) is 5.02 Å². The van der Waals surface area contributed by atoms with Gasteiger partial charge in [0.2, 0.25) is 0 Å². The fourth-order valence-corrected chi connectivity index (χ4v) is 3.39. The smallest absolute Gasteiger partial charge is 0.404 e. The van der Waals surface area contributed by atoms with Crippen molar-refractivity contribution in [1.82, 2.24) is 15.2 Å². The highest BCUT2D eigenvalue weighted by atomic mass is 35.5. The number of rotatable bonds is 5. The molecule has 0 saturated heterocycles. The molecule has 2 heterocycles. The number of carbonyl (C=O) groups is 2. The van der Waals surface area contributed by atoms with E-state index >= 15 is 0 Å².